The van der Waals surface area contributed by atoms with Crippen LogP contribution in [0.5, 0.6) is 5.75 Å². The van der Waals surface area contributed by atoms with Crippen LogP contribution in [0.25, 0.3) is 6.08 Å². The Hall–Kier alpha value is -1.39. The number of aliphatic hydroxyl groups excluding tert-OH is 1. The Morgan fingerprint density at radius 1 is 1.22 bits per heavy atom. The minimum Gasteiger partial charge on any atom is -0.505 e. The number of rotatable bonds is 1. The Bertz CT molecular complexity index is 372. The molecule has 0 amide bonds. The lowest BCUT2D eigenvalue weighted by Gasteiger charge is -2.15. The van der Waals surface area contributed by atoms with E-state index < -0.39 is 5.82 Å². The number of hydrogen-bond acceptors (Lipinski definition) is 3. The van der Waals surface area contributed by atoms with Crippen molar-refractivity contribution in [2.24, 2.45) is 0 Å². The zero-order valence-electron chi connectivity index (χ0n) is 11.2. The molecule has 18 heavy (non-hydrogen) atoms. The first kappa shape index (κ1) is 16.6. The number of hydrogen-bond donors (Lipinski definition) is 3. The van der Waals surface area contributed by atoms with Crippen LogP contribution >= 0.6 is 0 Å². The fraction of sp³-hybridized carbons (Fsp3) is 0.429. The standard InChI is InChI=1S/C11H11FO.C2H7N.CH4O/c12-10-5-4-9(7-11(10)13)6-8-2-1-3-8;1-3-2;1-2/h4-7,13H,1-3H2;3H,1-2H3;2H,1H3. The Kier molecular flexibility index (Phi) is 8.88. The predicted octanol–water partition coefficient (Wildman–Crippen LogP) is 2.54. The second kappa shape index (κ2) is 9.62. The van der Waals surface area contributed by atoms with Crippen molar-refractivity contribution < 1.29 is 14.6 Å². The van der Waals surface area contributed by atoms with E-state index in [4.69, 9.17) is 10.2 Å². The summed E-state index contributed by atoms with van der Waals surface area (Å²) in [7, 11) is 4.75. The van der Waals surface area contributed by atoms with Gasteiger partial charge in [-0.2, -0.15) is 0 Å². The summed E-state index contributed by atoms with van der Waals surface area (Å²) in [6.07, 6.45) is 5.54. The molecule has 0 aromatic heterocycles. The van der Waals surface area contributed by atoms with Gasteiger partial charge >= 0.3 is 0 Å². The van der Waals surface area contributed by atoms with Gasteiger partial charge in [0, 0.05) is 7.11 Å². The molecule has 0 atom stereocenters. The van der Waals surface area contributed by atoms with E-state index in [1.165, 1.54) is 24.1 Å². The SMILES string of the molecule is CNC.CO.Oc1cc(C=C2CCC2)ccc1F. The third-order valence-corrected chi connectivity index (χ3v) is 2.34. The molecule has 1 saturated carbocycles. The molecule has 1 fully saturated rings. The van der Waals surface area contributed by atoms with Crippen LogP contribution in [0.15, 0.2) is 23.8 Å². The van der Waals surface area contributed by atoms with Crippen LogP contribution in [-0.4, -0.2) is 31.4 Å². The average molecular weight is 255 g/mol. The van der Waals surface area contributed by atoms with Crippen LogP contribution in [0.2, 0.25) is 0 Å². The largest absolute Gasteiger partial charge is 0.505 e. The summed E-state index contributed by atoms with van der Waals surface area (Å²) in [6.45, 7) is 0. The summed E-state index contributed by atoms with van der Waals surface area (Å²) in [5, 5.41) is 18.8. The molecule has 0 saturated heterocycles. The average Bonchev–Trinajstić information content (AvgIpc) is 2.32. The van der Waals surface area contributed by atoms with Crippen molar-refractivity contribution in [3.63, 3.8) is 0 Å². The van der Waals surface area contributed by atoms with Crippen molar-refractivity contribution in [1.29, 1.82) is 0 Å². The molecule has 0 aliphatic heterocycles. The molecule has 1 aromatic rings. The molecule has 4 heteroatoms. The Labute approximate surface area is 108 Å². The second-order valence-corrected chi connectivity index (χ2v) is 3.87. The maximum Gasteiger partial charge on any atom is 0.164 e. The van der Waals surface area contributed by atoms with Gasteiger partial charge in [0.05, 0.1) is 0 Å². The van der Waals surface area contributed by atoms with Crippen LogP contribution < -0.4 is 5.32 Å². The van der Waals surface area contributed by atoms with Gasteiger partial charge in [-0.1, -0.05) is 17.7 Å². The first-order chi connectivity index (χ1) is 8.67. The minimum absolute atomic E-state index is 0.270. The second-order valence-electron chi connectivity index (χ2n) is 3.87. The first-order valence-electron chi connectivity index (χ1n) is 5.88. The quantitative estimate of drug-likeness (QED) is 0.723. The van der Waals surface area contributed by atoms with Crippen LogP contribution in [0, 0.1) is 5.82 Å². The Morgan fingerprint density at radius 2 is 1.78 bits per heavy atom. The summed E-state index contributed by atoms with van der Waals surface area (Å²) in [5.74, 6) is -0.829. The minimum atomic E-state index is -0.559. The predicted molar refractivity (Wildman–Crippen MR) is 73.0 cm³/mol. The summed E-state index contributed by atoms with van der Waals surface area (Å²) in [5.41, 5.74) is 2.26. The van der Waals surface area contributed by atoms with Gasteiger partial charge in [-0.15, -0.1) is 0 Å². The summed E-state index contributed by atoms with van der Waals surface area (Å²) in [4.78, 5) is 0. The number of halogens is 1. The maximum absolute atomic E-state index is 12.7. The van der Waals surface area contributed by atoms with E-state index in [0.29, 0.717) is 0 Å². The van der Waals surface area contributed by atoms with Gasteiger partial charge in [0.15, 0.2) is 11.6 Å². The monoisotopic (exact) mass is 255 g/mol. The third-order valence-electron chi connectivity index (χ3n) is 2.34. The van der Waals surface area contributed by atoms with Crippen LogP contribution in [0.1, 0.15) is 24.8 Å². The highest BCUT2D eigenvalue weighted by molar-refractivity contribution is 5.56. The van der Waals surface area contributed by atoms with Gasteiger partial charge in [-0.25, -0.2) is 4.39 Å². The molecule has 0 unspecified atom stereocenters. The molecular weight excluding hydrogens is 233 g/mol. The van der Waals surface area contributed by atoms with E-state index in [1.54, 1.807) is 6.07 Å². The molecule has 0 heterocycles. The van der Waals surface area contributed by atoms with E-state index in [9.17, 15) is 4.39 Å². The van der Waals surface area contributed by atoms with Gasteiger partial charge in [-0.05, 0) is 51.1 Å². The van der Waals surface area contributed by atoms with Crippen LogP contribution in [0.4, 0.5) is 4.39 Å². The fourth-order valence-electron chi connectivity index (χ4n) is 1.38. The number of aliphatic hydroxyl groups is 1. The maximum atomic E-state index is 12.7. The molecule has 0 bridgehead atoms. The normalized spacial score (nSPS) is 12.4. The molecule has 102 valence electrons. The number of benzene rings is 1. The Balaban J connectivity index is 0.000000509. The van der Waals surface area contributed by atoms with E-state index in [1.807, 2.05) is 20.2 Å². The van der Waals surface area contributed by atoms with E-state index in [0.717, 1.165) is 25.5 Å². The lowest BCUT2D eigenvalue weighted by Crippen LogP contribution is -1.95. The molecule has 3 nitrogen and oxygen atoms in total. The van der Waals surface area contributed by atoms with E-state index >= 15 is 0 Å². The molecule has 1 aliphatic carbocycles. The third kappa shape index (κ3) is 5.80. The summed E-state index contributed by atoms with van der Waals surface area (Å²) >= 11 is 0. The summed E-state index contributed by atoms with van der Waals surface area (Å²) < 4.78 is 12.7. The topological polar surface area (TPSA) is 52.5 Å². The lowest BCUT2D eigenvalue weighted by molar-refractivity contribution is 0.399. The first-order valence-corrected chi connectivity index (χ1v) is 5.88. The van der Waals surface area contributed by atoms with Crippen molar-refractivity contribution in [2.75, 3.05) is 21.2 Å². The Morgan fingerprint density at radius 3 is 2.17 bits per heavy atom. The van der Waals surface area contributed by atoms with E-state index in [-0.39, 0.29) is 5.75 Å². The van der Waals surface area contributed by atoms with Crippen molar-refractivity contribution in [2.45, 2.75) is 19.3 Å². The molecule has 1 aliphatic rings. The van der Waals surface area contributed by atoms with Gasteiger partial charge in [0.2, 0.25) is 0 Å². The molecular formula is C14H22FNO2. The molecule has 2 rings (SSSR count). The lowest BCUT2D eigenvalue weighted by atomic mass is 9.91. The molecule has 3 N–H and O–H groups in total. The fourth-order valence-corrected chi connectivity index (χ4v) is 1.38. The summed E-state index contributed by atoms with van der Waals surface area (Å²) in [6, 6.07) is 4.43. The van der Waals surface area contributed by atoms with E-state index in [2.05, 4.69) is 5.32 Å². The van der Waals surface area contributed by atoms with Gasteiger partial charge < -0.3 is 15.5 Å². The van der Waals surface area contributed by atoms with Crippen LogP contribution in [-0.2, 0) is 0 Å². The highest BCUT2D eigenvalue weighted by Gasteiger charge is 2.08. The number of aromatic hydroxyl groups is 1. The molecule has 0 radical (unpaired) electrons. The smallest absolute Gasteiger partial charge is 0.164 e. The zero-order chi connectivity index (χ0) is 14.0. The number of allylic oxidation sites excluding steroid dienone is 1. The molecule has 1 aromatic carbocycles. The van der Waals surface area contributed by atoms with Crippen molar-refractivity contribution in [3.8, 4) is 5.75 Å². The van der Waals surface area contributed by atoms with Crippen molar-refractivity contribution in [1.82, 2.24) is 5.32 Å². The highest BCUT2D eigenvalue weighted by atomic mass is 19.1. The van der Waals surface area contributed by atoms with Gasteiger partial charge in [0.25, 0.3) is 0 Å². The number of phenolic OH excluding ortho intramolecular Hbond substituents is 1. The van der Waals surface area contributed by atoms with Gasteiger partial charge in [-0.3, -0.25) is 0 Å². The van der Waals surface area contributed by atoms with Crippen molar-refractivity contribution in [3.05, 3.63) is 35.2 Å². The number of phenols is 1. The van der Waals surface area contributed by atoms with Crippen LogP contribution in [0.3, 0.4) is 0 Å². The van der Waals surface area contributed by atoms with Gasteiger partial charge in [0.1, 0.15) is 0 Å². The molecule has 0 spiro atoms. The zero-order valence-corrected chi connectivity index (χ0v) is 11.2. The highest BCUT2D eigenvalue weighted by Crippen LogP contribution is 2.28. The number of nitrogens with one attached hydrogen (secondary N) is 1. The van der Waals surface area contributed by atoms with Crippen molar-refractivity contribution >= 4 is 6.08 Å².